The molecule has 0 aliphatic carbocycles. The van der Waals surface area contributed by atoms with Gasteiger partial charge in [0, 0.05) is 20.8 Å². The van der Waals surface area contributed by atoms with E-state index in [1.807, 2.05) is 0 Å². The lowest BCUT2D eigenvalue weighted by Gasteiger charge is -2.05. The van der Waals surface area contributed by atoms with Gasteiger partial charge in [0.1, 0.15) is 0 Å². The summed E-state index contributed by atoms with van der Waals surface area (Å²) in [5, 5.41) is 0. The molecule has 110 valence electrons. The average molecular weight is 286 g/mol. The van der Waals surface area contributed by atoms with E-state index in [4.69, 9.17) is 23.4 Å². The molecule has 8 heteroatoms. The second-order valence-corrected chi connectivity index (χ2v) is 3.64. The van der Waals surface area contributed by atoms with Gasteiger partial charge in [-0.05, 0) is 0 Å². The summed E-state index contributed by atoms with van der Waals surface area (Å²) in [5.41, 5.74) is 0. The minimum absolute atomic E-state index is 0.0106. The van der Waals surface area contributed by atoms with Crippen LogP contribution in [0.4, 0.5) is 0 Å². The van der Waals surface area contributed by atoms with Crippen molar-refractivity contribution in [2.45, 2.75) is 27.4 Å². The predicted molar refractivity (Wildman–Crippen MR) is 63.3 cm³/mol. The van der Waals surface area contributed by atoms with E-state index >= 15 is 0 Å². The summed E-state index contributed by atoms with van der Waals surface area (Å²) in [4.78, 5) is 32.9. The normalized spacial score (nSPS) is 9.80. The largest absolute Gasteiger partial charge is 0.466 e. The monoisotopic (exact) mass is 286 g/mol. The van der Waals surface area contributed by atoms with Crippen LogP contribution in [0.2, 0.25) is 0 Å². The van der Waals surface area contributed by atoms with Crippen molar-refractivity contribution in [1.29, 1.82) is 0 Å². The van der Waals surface area contributed by atoms with Gasteiger partial charge in [0.15, 0.2) is 12.4 Å². The Bertz CT molecular complexity index is 528. The Morgan fingerprint density at radius 1 is 0.950 bits per heavy atom. The maximum Gasteiger partial charge on any atom is 0.333 e. The van der Waals surface area contributed by atoms with Crippen molar-refractivity contribution < 1.29 is 37.7 Å². The molecule has 0 aromatic carbocycles. The van der Waals surface area contributed by atoms with E-state index < -0.39 is 17.9 Å². The Kier molecular flexibility index (Phi) is 5.13. The Labute approximate surface area is 114 Å². The molecule has 1 aromatic heterocycles. The number of esters is 3. The van der Waals surface area contributed by atoms with Gasteiger partial charge in [-0.2, -0.15) is 0 Å². The number of carbonyl (C=O) groups excluding carboxylic acids is 3. The molecule has 0 aliphatic rings. The Balaban J connectivity index is 3.19. The Morgan fingerprint density at radius 3 is 1.95 bits per heavy atom. The van der Waals surface area contributed by atoms with Crippen molar-refractivity contribution in [3.8, 4) is 17.4 Å². The van der Waals surface area contributed by atoms with Crippen LogP contribution in [0, 0.1) is 0 Å². The van der Waals surface area contributed by atoms with Crippen LogP contribution in [0.1, 0.15) is 26.5 Å². The molecule has 0 amide bonds. The van der Waals surface area contributed by atoms with Gasteiger partial charge in [-0.3, -0.25) is 14.4 Å². The lowest BCUT2D eigenvalue weighted by atomic mass is 10.4. The van der Waals surface area contributed by atoms with Crippen molar-refractivity contribution in [3.05, 3.63) is 5.76 Å². The van der Waals surface area contributed by atoms with Crippen molar-refractivity contribution in [2.24, 2.45) is 0 Å². The number of methoxy groups -OCH3 is 1. The third-order valence-corrected chi connectivity index (χ3v) is 1.94. The van der Waals surface area contributed by atoms with Gasteiger partial charge in [0.25, 0.3) is 5.75 Å². The van der Waals surface area contributed by atoms with Gasteiger partial charge in [0.2, 0.25) is 5.75 Å². The topological polar surface area (TPSA) is 101 Å². The highest BCUT2D eigenvalue weighted by atomic mass is 16.6. The number of furan rings is 1. The van der Waals surface area contributed by atoms with Crippen LogP contribution in [0.3, 0.4) is 0 Å². The summed E-state index contributed by atoms with van der Waals surface area (Å²) in [6, 6.07) is 0. The lowest BCUT2D eigenvalue weighted by molar-refractivity contribution is -0.142. The third-order valence-electron chi connectivity index (χ3n) is 1.94. The standard InChI is InChI=1S/C12H14O8/c1-6(13)17-5-9-10(18-7(2)14)11(19-8(3)15)12(16-4)20-9/h5H2,1-4H3. The molecule has 0 aliphatic heterocycles. The first kappa shape index (κ1) is 15.5. The minimum atomic E-state index is -0.661. The molecule has 0 saturated carbocycles. The van der Waals surface area contributed by atoms with Crippen molar-refractivity contribution >= 4 is 17.9 Å². The van der Waals surface area contributed by atoms with Gasteiger partial charge in [-0.15, -0.1) is 0 Å². The molecule has 0 radical (unpaired) electrons. The molecular formula is C12H14O8. The Hall–Kier alpha value is -2.51. The molecule has 0 unspecified atom stereocenters. The van der Waals surface area contributed by atoms with E-state index in [9.17, 15) is 14.4 Å². The summed E-state index contributed by atoms with van der Waals surface area (Å²) in [6.45, 7) is 3.23. The first-order chi connectivity index (χ1) is 9.35. The molecule has 8 nitrogen and oxygen atoms in total. The molecule has 0 fully saturated rings. The summed E-state index contributed by atoms with van der Waals surface area (Å²) in [5.74, 6) is -2.39. The van der Waals surface area contributed by atoms with Crippen molar-refractivity contribution in [3.63, 3.8) is 0 Å². The number of rotatable bonds is 5. The van der Waals surface area contributed by atoms with E-state index in [0.717, 1.165) is 13.8 Å². The van der Waals surface area contributed by atoms with Gasteiger partial charge in [-0.1, -0.05) is 0 Å². The minimum Gasteiger partial charge on any atom is -0.466 e. The molecule has 0 N–H and O–H groups in total. The summed E-state index contributed by atoms with van der Waals surface area (Å²) >= 11 is 0. The molecule has 20 heavy (non-hydrogen) atoms. The molecule has 1 heterocycles. The number of hydrogen-bond donors (Lipinski definition) is 0. The van der Waals surface area contributed by atoms with Gasteiger partial charge in [-0.25, -0.2) is 0 Å². The summed E-state index contributed by atoms with van der Waals surface area (Å²) < 4.78 is 24.6. The van der Waals surface area contributed by atoms with E-state index in [1.165, 1.54) is 14.0 Å². The van der Waals surface area contributed by atoms with Crippen molar-refractivity contribution in [2.75, 3.05) is 7.11 Å². The van der Waals surface area contributed by atoms with E-state index in [0.29, 0.717) is 0 Å². The van der Waals surface area contributed by atoms with E-state index in [-0.39, 0.29) is 29.8 Å². The predicted octanol–water partition coefficient (Wildman–Crippen LogP) is 1.20. The zero-order valence-electron chi connectivity index (χ0n) is 11.5. The Morgan fingerprint density at radius 2 is 1.50 bits per heavy atom. The highest BCUT2D eigenvalue weighted by Gasteiger charge is 2.27. The van der Waals surface area contributed by atoms with Crippen LogP contribution in [0.25, 0.3) is 0 Å². The average Bonchev–Trinajstić information content (AvgIpc) is 2.63. The quantitative estimate of drug-likeness (QED) is 0.744. The van der Waals surface area contributed by atoms with Crippen LogP contribution >= 0.6 is 0 Å². The maximum atomic E-state index is 11.1. The first-order valence-electron chi connectivity index (χ1n) is 5.55. The van der Waals surface area contributed by atoms with Crippen LogP contribution in [0.5, 0.6) is 17.4 Å². The fourth-order valence-corrected chi connectivity index (χ4v) is 1.30. The third kappa shape index (κ3) is 4.01. The molecule has 0 spiro atoms. The van der Waals surface area contributed by atoms with Crippen molar-refractivity contribution in [1.82, 2.24) is 0 Å². The molecule has 0 saturated heterocycles. The SMILES string of the molecule is COc1oc(COC(C)=O)c(OC(C)=O)c1OC(C)=O. The van der Waals surface area contributed by atoms with Gasteiger partial charge in [0.05, 0.1) is 7.11 Å². The van der Waals surface area contributed by atoms with Crippen LogP contribution < -0.4 is 14.2 Å². The molecule has 0 atom stereocenters. The fourth-order valence-electron chi connectivity index (χ4n) is 1.30. The first-order valence-corrected chi connectivity index (χ1v) is 5.55. The second kappa shape index (κ2) is 6.60. The number of ether oxygens (including phenoxy) is 4. The summed E-state index contributed by atoms with van der Waals surface area (Å²) in [7, 11) is 1.28. The van der Waals surface area contributed by atoms with Gasteiger partial charge < -0.3 is 23.4 Å². The number of carbonyl (C=O) groups is 3. The number of hydrogen-bond acceptors (Lipinski definition) is 8. The smallest absolute Gasteiger partial charge is 0.333 e. The molecular weight excluding hydrogens is 272 g/mol. The van der Waals surface area contributed by atoms with E-state index in [2.05, 4.69) is 0 Å². The highest BCUT2D eigenvalue weighted by Crippen LogP contribution is 2.44. The van der Waals surface area contributed by atoms with Crippen LogP contribution in [-0.2, 0) is 25.7 Å². The summed E-state index contributed by atoms with van der Waals surface area (Å²) in [6.07, 6.45) is 0. The second-order valence-electron chi connectivity index (χ2n) is 3.64. The molecule has 0 bridgehead atoms. The zero-order valence-corrected chi connectivity index (χ0v) is 11.5. The molecule has 1 aromatic rings. The van der Waals surface area contributed by atoms with Crippen LogP contribution in [-0.4, -0.2) is 25.0 Å². The highest BCUT2D eigenvalue weighted by molar-refractivity contribution is 5.75. The van der Waals surface area contributed by atoms with Gasteiger partial charge >= 0.3 is 23.9 Å². The molecule has 1 rings (SSSR count). The fraction of sp³-hybridized carbons (Fsp3) is 0.417. The zero-order chi connectivity index (χ0) is 15.3. The van der Waals surface area contributed by atoms with Crippen LogP contribution in [0.15, 0.2) is 4.42 Å². The van der Waals surface area contributed by atoms with E-state index in [1.54, 1.807) is 0 Å². The lowest BCUT2D eigenvalue weighted by Crippen LogP contribution is -2.08. The maximum absolute atomic E-state index is 11.1.